The van der Waals surface area contributed by atoms with E-state index in [-0.39, 0.29) is 17.3 Å². The molecule has 1 aliphatic heterocycles. The first-order chi connectivity index (χ1) is 14.0. The maximum Gasteiger partial charge on any atom is 0.338 e. The van der Waals surface area contributed by atoms with E-state index < -0.39 is 12.6 Å². The predicted octanol–water partition coefficient (Wildman–Crippen LogP) is 2.85. The molecule has 1 amide bonds. The van der Waals surface area contributed by atoms with E-state index >= 15 is 0 Å². The summed E-state index contributed by atoms with van der Waals surface area (Å²) in [6.45, 7) is 2.08. The molecule has 0 saturated carbocycles. The second kappa shape index (κ2) is 9.09. The lowest BCUT2D eigenvalue weighted by atomic mass is 10.1. The van der Waals surface area contributed by atoms with Gasteiger partial charge < -0.3 is 24.3 Å². The zero-order valence-electron chi connectivity index (χ0n) is 16.2. The summed E-state index contributed by atoms with van der Waals surface area (Å²) >= 11 is 0. The summed E-state index contributed by atoms with van der Waals surface area (Å²) in [5.74, 6) is 0.00922. The summed E-state index contributed by atoms with van der Waals surface area (Å²) < 4.78 is 21.4. The highest BCUT2D eigenvalue weighted by atomic mass is 16.6. The maximum absolute atomic E-state index is 12.4. The summed E-state index contributed by atoms with van der Waals surface area (Å²) in [7, 11) is 1.46. The average Bonchev–Trinajstić information content (AvgIpc) is 2.76. The fourth-order valence-electron chi connectivity index (χ4n) is 2.68. The minimum Gasteiger partial charge on any atom is -0.493 e. The van der Waals surface area contributed by atoms with Crippen molar-refractivity contribution in [2.45, 2.75) is 13.3 Å². The van der Waals surface area contributed by atoms with Gasteiger partial charge >= 0.3 is 5.97 Å². The third kappa shape index (κ3) is 4.84. The highest BCUT2D eigenvalue weighted by Crippen LogP contribution is 2.40. The van der Waals surface area contributed by atoms with Crippen molar-refractivity contribution < 1.29 is 33.3 Å². The van der Waals surface area contributed by atoms with E-state index in [0.717, 1.165) is 0 Å². The van der Waals surface area contributed by atoms with Gasteiger partial charge in [0.05, 0.1) is 12.7 Å². The minimum absolute atomic E-state index is 0.118. The van der Waals surface area contributed by atoms with E-state index in [1.807, 2.05) is 0 Å². The van der Waals surface area contributed by atoms with Crippen molar-refractivity contribution in [2.24, 2.45) is 0 Å². The number of benzene rings is 2. The number of carbonyl (C=O) groups is 3. The third-order valence-corrected chi connectivity index (χ3v) is 4.21. The van der Waals surface area contributed by atoms with Gasteiger partial charge in [0.1, 0.15) is 13.2 Å². The average molecular weight is 399 g/mol. The van der Waals surface area contributed by atoms with Crippen LogP contribution in [0.1, 0.15) is 34.1 Å². The molecule has 0 bridgehead atoms. The van der Waals surface area contributed by atoms with Crippen LogP contribution in [0.4, 0.5) is 5.69 Å². The summed E-state index contributed by atoms with van der Waals surface area (Å²) in [5, 5.41) is 2.70. The Morgan fingerprint density at radius 2 is 1.76 bits per heavy atom. The number of amides is 1. The number of rotatable bonds is 7. The molecular weight excluding hydrogens is 378 g/mol. The zero-order chi connectivity index (χ0) is 20.8. The van der Waals surface area contributed by atoms with E-state index in [2.05, 4.69) is 5.32 Å². The molecule has 2 aromatic rings. The molecule has 2 aromatic carbocycles. The highest BCUT2D eigenvalue weighted by Gasteiger charge is 2.22. The molecule has 3 rings (SSSR count). The van der Waals surface area contributed by atoms with Gasteiger partial charge in [0.2, 0.25) is 11.7 Å². The van der Waals surface area contributed by atoms with Crippen molar-refractivity contribution in [3.63, 3.8) is 0 Å². The number of methoxy groups -OCH3 is 1. The van der Waals surface area contributed by atoms with Crippen LogP contribution in [0.3, 0.4) is 0 Å². The smallest absolute Gasteiger partial charge is 0.338 e. The van der Waals surface area contributed by atoms with Gasteiger partial charge in [-0.2, -0.15) is 0 Å². The van der Waals surface area contributed by atoms with Crippen LogP contribution in [0.25, 0.3) is 0 Å². The lowest BCUT2D eigenvalue weighted by Crippen LogP contribution is -2.18. The number of carbonyl (C=O) groups excluding carboxylic acids is 3. The molecule has 152 valence electrons. The Labute approximate surface area is 167 Å². The molecule has 1 heterocycles. The van der Waals surface area contributed by atoms with Gasteiger partial charge in [0, 0.05) is 17.7 Å². The number of Topliss-reactive ketones (excluding diaryl/α,β-unsaturated/α-hetero) is 1. The molecule has 1 N–H and O–H groups in total. The topological polar surface area (TPSA) is 100 Å². The third-order valence-electron chi connectivity index (χ3n) is 4.21. The molecule has 0 fully saturated rings. The van der Waals surface area contributed by atoms with Crippen LogP contribution >= 0.6 is 0 Å². The number of fused-ring (bicyclic) bond motifs is 1. The summed E-state index contributed by atoms with van der Waals surface area (Å²) in [6.07, 6.45) is 0.362. The van der Waals surface area contributed by atoms with E-state index in [1.54, 1.807) is 31.2 Å². The van der Waals surface area contributed by atoms with Gasteiger partial charge in [-0.1, -0.05) is 6.92 Å². The number of ketones is 1. The largest absolute Gasteiger partial charge is 0.493 e. The first-order valence-corrected chi connectivity index (χ1v) is 9.09. The van der Waals surface area contributed by atoms with Gasteiger partial charge in [-0.25, -0.2) is 4.79 Å². The molecule has 0 atom stereocenters. The Bertz CT molecular complexity index is 904. The summed E-state index contributed by atoms with van der Waals surface area (Å²) in [6, 6.07) is 9.34. The molecule has 8 nitrogen and oxygen atoms in total. The standard InChI is InChI=1S/C21H21NO7/c1-3-19(24)22-15-6-4-13(5-7-15)16(23)12-29-21(25)14-10-17(26-2)20-18(11-14)27-8-9-28-20/h4-7,10-11H,3,8-9,12H2,1-2H3,(H,22,24). The Morgan fingerprint density at radius 3 is 2.45 bits per heavy atom. The zero-order valence-corrected chi connectivity index (χ0v) is 16.2. The van der Waals surface area contributed by atoms with Gasteiger partial charge in [0.25, 0.3) is 0 Å². The molecule has 0 unspecified atom stereocenters. The molecule has 1 aliphatic rings. The van der Waals surface area contributed by atoms with Crippen LogP contribution in [0, 0.1) is 0 Å². The number of ether oxygens (including phenoxy) is 4. The second-order valence-electron chi connectivity index (χ2n) is 6.18. The fraction of sp³-hybridized carbons (Fsp3) is 0.286. The monoisotopic (exact) mass is 399 g/mol. The van der Waals surface area contributed by atoms with Gasteiger partial charge in [-0.3, -0.25) is 9.59 Å². The Kier molecular flexibility index (Phi) is 6.33. The number of hydrogen-bond acceptors (Lipinski definition) is 7. The van der Waals surface area contributed by atoms with Crippen molar-refractivity contribution in [1.29, 1.82) is 0 Å². The van der Waals surface area contributed by atoms with Crippen LogP contribution in [-0.2, 0) is 9.53 Å². The molecule has 0 aliphatic carbocycles. The lowest BCUT2D eigenvalue weighted by Gasteiger charge is -2.21. The molecule has 0 aromatic heterocycles. The predicted molar refractivity (Wildman–Crippen MR) is 104 cm³/mol. The van der Waals surface area contributed by atoms with Crippen molar-refractivity contribution >= 4 is 23.3 Å². The van der Waals surface area contributed by atoms with E-state index in [1.165, 1.54) is 19.2 Å². The molecule has 0 saturated heterocycles. The van der Waals surface area contributed by atoms with Gasteiger partial charge in [-0.15, -0.1) is 0 Å². The van der Waals surface area contributed by atoms with Gasteiger partial charge in [-0.05, 0) is 36.4 Å². The Hall–Kier alpha value is -3.55. The van der Waals surface area contributed by atoms with E-state index in [0.29, 0.717) is 48.1 Å². The van der Waals surface area contributed by atoms with Gasteiger partial charge in [0.15, 0.2) is 23.9 Å². The lowest BCUT2D eigenvalue weighted by molar-refractivity contribution is -0.115. The molecule has 29 heavy (non-hydrogen) atoms. The fourth-order valence-corrected chi connectivity index (χ4v) is 2.68. The van der Waals surface area contributed by atoms with Crippen molar-refractivity contribution in [3.8, 4) is 17.2 Å². The molecule has 8 heteroatoms. The molecule has 0 radical (unpaired) electrons. The first kappa shape index (κ1) is 20.2. The number of hydrogen-bond donors (Lipinski definition) is 1. The summed E-state index contributed by atoms with van der Waals surface area (Å²) in [4.78, 5) is 36.0. The molecule has 0 spiro atoms. The van der Waals surface area contributed by atoms with Crippen molar-refractivity contribution in [2.75, 3.05) is 32.2 Å². The van der Waals surface area contributed by atoms with Crippen LogP contribution in [-0.4, -0.2) is 44.6 Å². The number of esters is 1. The minimum atomic E-state index is -0.680. The normalized spacial score (nSPS) is 12.1. The number of anilines is 1. The van der Waals surface area contributed by atoms with Crippen LogP contribution < -0.4 is 19.5 Å². The van der Waals surface area contributed by atoms with Crippen molar-refractivity contribution in [3.05, 3.63) is 47.5 Å². The van der Waals surface area contributed by atoms with Crippen molar-refractivity contribution in [1.82, 2.24) is 0 Å². The van der Waals surface area contributed by atoms with E-state index in [9.17, 15) is 14.4 Å². The SMILES string of the molecule is CCC(=O)Nc1ccc(C(=O)COC(=O)c2cc(OC)c3c(c2)OCCO3)cc1. The summed E-state index contributed by atoms with van der Waals surface area (Å²) in [5.41, 5.74) is 1.15. The quantitative estimate of drug-likeness (QED) is 0.564. The first-order valence-electron chi connectivity index (χ1n) is 9.09. The van der Waals surface area contributed by atoms with Crippen LogP contribution in [0.5, 0.6) is 17.2 Å². The van der Waals surface area contributed by atoms with Crippen LogP contribution in [0.15, 0.2) is 36.4 Å². The maximum atomic E-state index is 12.4. The Morgan fingerprint density at radius 1 is 1.03 bits per heavy atom. The number of nitrogens with one attached hydrogen (secondary N) is 1. The van der Waals surface area contributed by atoms with Crippen LogP contribution in [0.2, 0.25) is 0 Å². The molecular formula is C21H21NO7. The second-order valence-corrected chi connectivity index (χ2v) is 6.18. The van der Waals surface area contributed by atoms with E-state index in [4.69, 9.17) is 18.9 Å². The highest BCUT2D eigenvalue weighted by molar-refractivity contribution is 6.00. The Balaban J connectivity index is 1.63.